The van der Waals surface area contributed by atoms with Crippen molar-refractivity contribution in [2.45, 2.75) is 13.1 Å². The average Bonchev–Trinajstić information content (AvgIpc) is 2.83. The van der Waals surface area contributed by atoms with E-state index in [9.17, 15) is 0 Å². The summed E-state index contributed by atoms with van der Waals surface area (Å²) in [6.45, 7) is 1.42. The summed E-state index contributed by atoms with van der Waals surface area (Å²) in [5, 5.41) is 0. The Balaban J connectivity index is 1.74. The number of hydrogen-bond acceptors (Lipinski definition) is 5. The molecule has 0 amide bonds. The third-order valence-electron chi connectivity index (χ3n) is 3.07. The number of para-hydroxylation sites is 1. The van der Waals surface area contributed by atoms with E-state index < -0.39 is 0 Å². The highest BCUT2D eigenvalue weighted by Gasteiger charge is 2.10. The molecule has 5 nitrogen and oxygen atoms in total. The van der Waals surface area contributed by atoms with E-state index in [1.54, 1.807) is 6.20 Å². The summed E-state index contributed by atoms with van der Waals surface area (Å²) in [5.41, 5.74) is 9.15. The first kappa shape index (κ1) is 12.6. The van der Waals surface area contributed by atoms with E-state index in [2.05, 4.69) is 14.9 Å². The SMILES string of the molecule is CN(Cc1cccnc1)Cc1nc2c(N)cccc2o1. The van der Waals surface area contributed by atoms with Gasteiger partial charge in [0.15, 0.2) is 5.58 Å². The van der Waals surface area contributed by atoms with E-state index in [1.165, 1.54) is 0 Å². The maximum atomic E-state index is 5.88. The lowest BCUT2D eigenvalue weighted by Crippen LogP contribution is -2.17. The van der Waals surface area contributed by atoms with Crippen LogP contribution in [0.2, 0.25) is 0 Å². The zero-order valence-electron chi connectivity index (χ0n) is 11.3. The van der Waals surface area contributed by atoms with Crippen LogP contribution in [0, 0.1) is 0 Å². The highest BCUT2D eigenvalue weighted by molar-refractivity contribution is 5.85. The van der Waals surface area contributed by atoms with Crippen molar-refractivity contribution < 1.29 is 4.42 Å². The Morgan fingerprint density at radius 2 is 2.10 bits per heavy atom. The van der Waals surface area contributed by atoms with Crippen molar-refractivity contribution in [1.82, 2.24) is 14.9 Å². The smallest absolute Gasteiger partial charge is 0.209 e. The van der Waals surface area contributed by atoms with Crippen LogP contribution in [0.4, 0.5) is 5.69 Å². The molecule has 0 saturated heterocycles. The molecular formula is C15H16N4O. The summed E-state index contributed by atoms with van der Waals surface area (Å²) in [5.74, 6) is 0.671. The van der Waals surface area contributed by atoms with Crippen molar-refractivity contribution in [2.24, 2.45) is 0 Å². The fourth-order valence-electron chi connectivity index (χ4n) is 2.17. The Kier molecular flexibility index (Phi) is 3.35. The van der Waals surface area contributed by atoms with Crippen LogP contribution >= 0.6 is 0 Å². The molecule has 1 aromatic carbocycles. The van der Waals surface area contributed by atoms with Gasteiger partial charge in [0.2, 0.25) is 5.89 Å². The first-order chi connectivity index (χ1) is 9.72. The molecule has 0 fully saturated rings. The number of pyridine rings is 1. The molecule has 0 spiro atoms. The lowest BCUT2D eigenvalue weighted by atomic mass is 10.3. The van der Waals surface area contributed by atoms with E-state index >= 15 is 0 Å². The van der Waals surface area contributed by atoms with Crippen molar-refractivity contribution in [3.8, 4) is 0 Å². The Bertz CT molecular complexity index is 708. The minimum Gasteiger partial charge on any atom is -0.439 e. The molecule has 5 heteroatoms. The highest BCUT2D eigenvalue weighted by Crippen LogP contribution is 2.21. The number of rotatable bonds is 4. The topological polar surface area (TPSA) is 68.2 Å². The molecule has 0 radical (unpaired) electrons. The third-order valence-corrected chi connectivity index (χ3v) is 3.07. The first-order valence-electron chi connectivity index (χ1n) is 6.44. The van der Waals surface area contributed by atoms with Gasteiger partial charge >= 0.3 is 0 Å². The van der Waals surface area contributed by atoms with E-state index in [0.29, 0.717) is 18.1 Å². The zero-order chi connectivity index (χ0) is 13.9. The second kappa shape index (κ2) is 5.30. The minimum absolute atomic E-state index is 0.628. The summed E-state index contributed by atoms with van der Waals surface area (Å²) in [4.78, 5) is 10.7. The molecule has 0 unspecified atom stereocenters. The average molecular weight is 268 g/mol. The fraction of sp³-hybridized carbons (Fsp3) is 0.200. The van der Waals surface area contributed by atoms with Gasteiger partial charge in [-0.1, -0.05) is 12.1 Å². The van der Waals surface area contributed by atoms with E-state index in [1.807, 2.05) is 43.6 Å². The number of aromatic nitrogens is 2. The molecule has 0 bridgehead atoms. The third kappa shape index (κ3) is 2.62. The highest BCUT2D eigenvalue weighted by atomic mass is 16.3. The van der Waals surface area contributed by atoms with Crippen molar-refractivity contribution in [3.05, 3.63) is 54.2 Å². The quantitative estimate of drug-likeness (QED) is 0.736. The van der Waals surface area contributed by atoms with Crippen LogP contribution in [0.5, 0.6) is 0 Å². The Hall–Kier alpha value is -2.40. The number of hydrogen-bond donors (Lipinski definition) is 1. The number of nitrogens with zero attached hydrogens (tertiary/aromatic N) is 3. The van der Waals surface area contributed by atoms with E-state index in [0.717, 1.165) is 23.2 Å². The van der Waals surface area contributed by atoms with Gasteiger partial charge in [-0.05, 0) is 30.8 Å². The summed E-state index contributed by atoms with van der Waals surface area (Å²) < 4.78 is 5.71. The van der Waals surface area contributed by atoms with Crippen molar-refractivity contribution in [3.63, 3.8) is 0 Å². The van der Waals surface area contributed by atoms with Gasteiger partial charge < -0.3 is 10.2 Å². The van der Waals surface area contributed by atoms with E-state index in [-0.39, 0.29) is 0 Å². The minimum atomic E-state index is 0.628. The molecule has 20 heavy (non-hydrogen) atoms. The van der Waals surface area contributed by atoms with E-state index in [4.69, 9.17) is 10.2 Å². The van der Waals surface area contributed by atoms with Crippen LogP contribution in [-0.2, 0) is 13.1 Å². The maximum absolute atomic E-state index is 5.88. The molecule has 0 saturated carbocycles. The number of anilines is 1. The number of nitrogens with two attached hydrogens (primary N) is 1. The molecule has 102 valence electrons. The van der Waals surface area contributed by atoms with Crippen molar-refractivity contribution in [1.29, 1.82) is 0 Å². The van der Waals surface area contributed by atoms with Gasteiger partial charge in [0, 0.05) is 18.9 Å². The summed E-state index contributed by atoms with van der Waals surface area (Å²) >= 11 is 0. The van der Waals surface area contributed by atoms with Gasteiger partial charge in [0.05, 0.1) is 12.2 Å². The van der Waals surface area contributed by atoms with Crippen LogP contribution in [0.15, 0.2) is 47.1 Å². The van der Waals surface area contributed by atoms with Gasteiger partial charge in [0.1, 0.15) is 5.52 Å². The van der Waals surface area contributed by atoms with Gasteiger partial charge in [-0.25, -0.2) is 4.98 Å². The summed E-state index contributed by atoms with van der Waals surface area (Å²) in [7, 11) is 2.02. The van der Waals surface area contributed by atoms with Gasteiger partial charge in [0.25, 0.3) is 0 Å². The second-order valence-electron chi connectivity index (χ2n) is 4.84. The van der Waals surface area contributed by atoms with Crippen LogP contribution < -0.4 is 5.73 Å². The molecule has 0 aliphatic heterocycles. The predicted octanol–water partition coefficient (Wildman–Crippen LogP) is 2.44. The lowest BCUT2D eigenvalue weighted by molar-refractivity contribution is 0.285. The zero-order valence-corrected chi connectivity index (χ0v) is 11.3. The largest absolute Gasteiger partial charge is 0.439 e. The lowest BCUT2D eigenvalue weighted by Gasteiger charge is -2.13. The molecule has 2 N–H and O–H groups in total. The van der Waals surface area contributed by atoms with Crippen LogP contribution in [0.3, 0.4) is 0 Å². The van der Waals surface area contributed by atoms with Crippen LogP contribution in [0.1, 0.15) is 11.5 Å². The monoisotopic (exact) mass is 268 g/mol. The number of fused-ring (bicyclic) bond motifs is 1. The van der Waals surface area contributed by atoms with Crippen molar-refractivity contribution >= 4 is 16.8 Å². The molecule has 0 aliphatic rings. The molecule has 0 aliphatic carbocycles. The number of nitrogen functional groups attached to an aromatic ring is 1. The van der Waals surface area contributed by atoms with Crippen LogP contribution in [0.25, 0.3) is 11.1 Å². The van der Waals surface area contributed by atoms with Gasteiger partial charge in [-0.3, -0.25) is 9.88 Å². The Morgan fingerprint density at radius 3 is 2.85 bits per heavy atom. The number of oxazole rings is 1. The van der Waals surface area contributed by atoms with Gasteiger partial charge in [-0.2, -0.15) is 0 Å². The summed E-state index contributed by atoms with van der Waals surface area (Å²) in [6.07, 6.45) is 3.63. The standard InChI is InChI=1S/C15H16N4O/c1-19(9-11-4-3-7-17-8-11)10-14-18-15-12(16)5-2-6-13(15)20-14/h2-8H,9-10,16H2,1H3. The number of benzene rings is 1. The predicted molar refractivity (Wildman–Crippen MR) is 77.8 cm³/mol. The molecule has 3 rings (SSSR count). The second-order valence-corrected chi connectivity index (χ2v) is 4.84. The van der Waals surface area contributed by atoms with Crippen molar-refractivity contribution in [2.75, 3.05) is 12.8 Å². The normalized spacial score (nSPS) is 11.3. The Morgan fingerprint density at radius 1 is 1.20 bits per heavy atom. The molecule has 2 aromatic heterocycles. The molecule has 3 aromatic rings. The molecule has 0 atom stereocenters. The molecular weight excluding hydrogens is 252 g/mol. The Labute approximate surface area is 117 Å². The summed E-state index contributed by atoms with van der Waals surface area (Å²) in [6, 6.07) is 9.56. The fourth-order valence-corrected chi connectivity index (χ4v) is 2.17. The van der Waals surface area contributed by atoms with Gasteiger partial charge in [-0.15, -0.1) is 0 Å². The molecule has 2 heterocycles. The van der Waals surface area contributed by atoms with Crippen LogP contribution in [-0.4, -0.2) is 21.9 Å². The first-order valence-corrected chi connectivity index (χ1v) is 6.44. The maximum Gasteiger partial charge on any atom is 0.209 e.